The average molecular weight is 528 g/mol. The molecule has 0 fully saturated rings. The number of anilines is 1. The molecule has 0 saturated heterocycles. The van der Waals surface area contributed by atoms with E-state index in [1.165, 1.54) is 26.0 Å². The molecule has 196 valence electrons. The van der Waals surface area contributed by atoms with Crippen molar-refractivity contribution in [1.29, 1.82) is 0 Å². The number of carbonyl (C=O) groups is 3. The summed E-state index contributed by atoms with van der Waals surface area (Å²) in [6.45, 7) is 4.63. The van der Waals surface area contributed by atoms with E-state index in [1.54, 1.807) is 49.4 Å². The van der Waals surface area contributed by atoms with Crippen LogP contribution in [0.25, 0.3) is 0 Å². The van der Waals surface area contributed by atoms with Crippen LogP contribution in [0.1, 0.15) is 40.4 Å². The van der Waals surface area contributed by atoms with Crippen molar-refractivity contribution in [1.82, 2.24) is 20.1 Å². The number of carbonyl (C=O) groups excluding carboxylic acids is 3. The molecule has 3 aromatic rings. The topological polar surface area (TPSA) is 134 Å². The highest BCUT2D eigenvalue weighted by Gasteiger charge is 2.16. The first kappa shape index (κ1) is 27.5. The van der Waals surface area contributed by atoms with E-state index < -0.39 is 5.97 Å². The second-order valence-electron chi connectivity index (χ2n) is 7.53. The Morgan fingerprint density at radius 3 is 2.46 bits per heavy atom. The highest BCUT2D eigenvalue weighted by atomic mass is 32.2. The molecule has 0 radical (unpaired) electrons. The number of hydrogen-bond donors (Lipinski definition) is 2. The zero-order valence-corrected chi connectivity index (χ0v) is 21.9. The van der Waals surface area contributed by atoms with Crippen molar-refractivity contribution in [3.63, 3.8) is 0 Å². The lowest BCUT2D eigenvalue weighted by molar-refractivity contribution is -0.113. The summed E-state index contributed by atoms with van der Waals surface area (Å²) < 4.78 is 17.3. The van der Waals surface area contributed by atoms with Crippen molar-refractivity contribution in [2.45, 2.75) is 32.1 Å². The molecule has 0 bridgehead atoms. The second kappa shape index (κ2) is 13.3. The summed E-state index contributed by atoms with van der Waals surface area (Å²) in [4.78, 5) is 37.0. The lowest BCUT2D eigenvalue weighted by atomic mass is 10.2. The zero-order valence-electron chi connectivity index (χ0n) is 21.1. The fourth-order valence-corrected chi connectivity index (χ4v) is 4.20. The minimum atomic E-state index is -0.449. The monoisotopic (exact) mass is 527 g/mol. The van der Waals surface area contributed by atoms with Crippen LogP contribution in [-0.4, -0.2) is 59.1 Å². The van der Waals surface area contributed by atoms with E-state index in [2.05, 4.69) is 20.8 Å². The lowest BCUT2D eigenvalue weighted by Crippen LogP contribution is -2.25. The molecule has 1 aromatic heterocycles. The van der Waals surface area contributed by atoms with Crippen LogP contribution in [0.15, 0.2) is 47.6 Å². The first-order chi connectivity index (χ1) is 17.9. The van der Waals surface area contributed by atoms with Gasteiger partial charge in [-0.3, -0.25) is 9.59 Å². The van der Waals surface area contributed by atoms with Crippen molar-refractivity contribution in [3.05, 3.63) is 59.4 Å². The van der Waals surface area contributed by atoms with E-state index in [0.717, 1.165) is 0 Å². The van der Waals surface area contributed by atoms with Crippen molar-refractivity contribution in [2.24, 2.45) is 0 Å². The lowest BCUT2D eigenvalue weighted by Gasteiger charge is -2.11. The Balaban J connectivity index is 1.57. The third kappa shape index (κ3) is 7.23. The normalized spacial score (nSPS) is 10.5. The number of nitrogens with one attached hydrogen (secondary N) is 2. The number of methoxy groups -OCH3 is 2. The smallest absolute Gasteiger partial charge is 0.338 e. The van der Waals surface area contributed by atoms with Crippen LogP contribution in [-0.2, 0) is 22.6 Å². The van der Waals surface area contributed by atoms with Gasteiger partial charge in [0.1, 0.15) is 0 Å². The fourth-order valence-electron chi connectivity index (χ4n) is 3.38. The first-order valence-corrected chi connectivity index (χ1v) is 12.5. The predicted molar refractivity (Wildman–Crippen MR) is 138 cm³/mol. The minimum absolute atomic E-state index is 0.0831. The van der Waals surface area contributed by atoms with Crippen LogP contribution in [0.4, 0.5) is 5.69 Å². The van der Waals surface area contributed by atoms with Gasteiger partial charge in [0.15, 0.2) is 22.5 Å². The molecule has 0 aliphatic carbocycles. The molecule has 37 heavy (non-hydrogen) atoms. The number of hydrogen-bond acceptors (Lipinski definition) is 9. The maximum absolute atomic E-state index is 12.6. The Morgan fingerprint density at radius 2 is 1.76 bits per heavy atom. The molecular weight excluding hydrogens is 498 g/mol. The third-order valence-corrected chi connectivity index (χ3v) is 6.12. The largest absolute Gasteiger partial charge is 0.493 e. The van der Waals surface area contributed by atoms with E-state index in [-0.39, 0.29) is 30.7 Å². The summed E-state index contributed by atoms with van der Waals surface area (Å²) in [5.41, 5.74) is 1.27. The number of thioether (sulfide) groups is 1. The molecule has 3 rings (SSSR count). The first-order valence-electron chi connectivity index (χ1n) is 11.5. The number of esters is 1. The zero-order chi connectivity index (χ0) is 26.8. The summed E-state index contributed by atoms with van der Waals surface area (Å²) in [6.07, 6.45) is 0. The van der Waals surface area contributed by atoms with E-state index in [0.29, 0.717) is 45.8 Å². The highest BCUT2D eigenvalue weighted by molar-refractivity contribution is 7.99. The summed E-state index contributed by atoms with van der Waals surface area (Å²) in [5, 5.41) is 14.5. The van der Waals surface area contributed by atoms with Crippen LogP contribution < -0.4 is 20.1 Å². The molecule has 0 unspecified atom stereocenters. The molecule has 11 nitrogen and oxygen atoms in total. The highest BCUT2D eigenvalue weighted by Crippen LogP contribution is 2.27. The second-order valence-corrected chi connectivity index (χ2v) is 8.48. The molecule has 12 heteroatoms. The molecule has 0 saturated carbocycles. The molecule has 0 aliphatic rings. The Labute approximate surface area is 218 Å². The summed E-state index contributed by atoms with van der Waals surface area (Å²) >= 11 is 1.22. The number of ether oxygens (including phenoxy) is 3. The third-order valence-electron chi connectivity index (χ3n) is 5.15. The maximum Gasteiger partial charge on any atom is 0.338 e. The van der Waals surface area contributed by atoms with E-state index >= 15 is 0 Å². The van der Waals surface area contributed by atoms with Crippen LogP contribution in [0.3, 0.4) is 0 Å². The van der Waals surface area contributed by atoms with E-state index in [4.69, 9.17) is 14.2 Å². The van der Waals surface area contributed by atoms with Gasteiger partial charge in [-0.25, -0.2) is 4.79 Å². The molecule has 2 amide bonds. The Kier molecular flexibility index (Phi) is 9.90. The fraction of sp³-hybridized carbons (Fsp3) is 0.320. The van der Waals surface area contributed by atoms with Gasteiger partial charge in [-0.2, -0.15) is 0 Å². The minimum Gasteiger partial charge on any atom is -0.493 e. The number of amides is 2. The number of rotatable bonds is 12. The van der Waals surface area contributed by atoms with Crippen molar-refractivity contribution in [3.8, 4) is 11.5 Å². The summed E-state index contributed by atoms with van der Waals surface area (Å²) in [7, 11) is 3.03. The summed E-state index contributed by atoms with van der Waals surface area (Å²) in [6, 6.07) is 11.5. The van der Waals surface area contributed by atoms with Gasteiger partial charge in [0.05, 0.1) is 38.7 Å². The number of nitrogens with zero attached hydrogens (tertiary/aromatic N) is 3. The molecule has 0 spiro atoms. The van der Waals surface area contributed by atoms with E-state index in [1.807, 2.05) is 11.5 Å². The molecule has 2 N–H and O–H groups in total. The molecular formula is C25H29N5O6S. The van der Waals surface area contributed by atoms with E-state index in [9.17, 15) is 14.4 Å². The van der Waals surface area contributed by atoms with Gasteiger partial charge in [0.25, 0.3) is 5.91 Å². The van der Waals surface area contributed by atoms with Crippen LogP contribution in [0.2, 0.25) is 0 Å². The summed E-state index contributed by atoms with van der Waals surface area (Å²) in [5.74, 6) is 0.611. The van der Waals surface area contributed by atoms with Gasteiger partial charge in [0, 0.05) is 17.8 Å². The molecule has 1 heterocycles. The van der Waals surface area contributed by atoms with Crippen LogP contribution in [0.5, 0.6) is 11.5 Å². The van der Waals surface area contributed by atoms with Gasteiger partial charge < -0.3 is 29.4 Å². The Morgan fingerprint density at radius 1 is 0.973 bits per heavy atom. The Bertz CT molecular complexity index is 1260. The quantitative estimate of drug-likeness (QED) is 0.269. The van der Waals surface area contributed by atoms with Gasteiger partial charge in [-0.05, 0) is 50.2 Å². The van der Waals surface area contributed by atoms with Crippen LogP contribution in [0, 0.1) is 0 Å². The average Bonchev–Trinajstić information content (AvgIpc) is 3.32. The van der Waals surface area contributed by atoms with Crippen LogP contribution >= 0.6 is 11.8 Å². The molecule has 0 aliphatic heterocycles. The van der Waals surface area contributed by atoms with Gasteiger partial charge >= 0.3 is 5.97 Å². The van der Waals surface area contributed by atoms with Gasteiger partial charge in [-0.15, -0.1) is 10.2 Å². The molecule has 2 aromatic carbocycles. The Hall–Kier alpha value is -4.06. The van der Waals surface area contributed by atoms with Gasteiger partial charge in [-0.1, -0.05) is 17.8 Å². The number of benzene rings is 2. The van der Waals surface area contributed by atoms with Crippen molar-refractivity contribution in [2.75, 3.05) is 31.9 Å². The SMILES string of the molecule is CCOC(=O)c1cccc(NC(=O)CSc2nnc(CNC(=O)c3ccc(OC)c(OC)c3)n2CC)c1. The maximum atomic E-state index is 12.6. The van der Waals surface area contributed by atoms with Crippen molar-refractivity contribution >= 4 is 35.2 Å². The van der Waals surface area contributed by atoms with Crippen molar-refractivity contribution < 1.29 is 28.6 Å². The standard InChI is InChI=1S/C25H29N5O6S/c1-5-30-21(14-26-23(32)16-10-11-19(34-3)20(13-16)35-4)28-29-25(30)37-15-22(31)27-18-9-7-8-17(12-18)24(33)36-6-2/h7-13H,5-6,14-15H2,1-4H3,(H,26,32)(H,27,31). The molecule has 0 atom stereocenters. The number of aromatic nitrogens is 3. The predicted octanol–water partition coefficient (Wildman–Crippen LogP) is 3.15. The van der Waals surface area contributed by atoms with Gasteiger partial charge in [0.2, 0.25) is 5.91 Å².